The molecule has 84 valence electrons. The molecule has 0 unspecified atom stereocenters. The van der Waals surface area contributed by atoms with E-state index in [1.165, 1.54) is 0 Å². The molecule has 0 saturated heterocycles. The van der Waals surface area contributed by atoms with Gasteiger partial charge in [0.25, 0.3) is 6.43 Å². The zero-order chi connectivity index (χ0) is 11.8. The standard InChI is InChI=1S/C7H5F5N2O/c8-5(9)2-1-3(15)6(13)14-4(2)7(10,11)12/h1,5,15H,(H2,13,14). The summed E-state index contributed by atoms with van der Waals surface area (Å²) in [7, 11) is 0. The van der Waals surface area contributed by atoms with Crippen LogP contribution in [0.15, 0.2) is 6.07 Å². The Labute approximate surface area is 80.3 Å². The van der Waals surface area contributed by atoms with Crippen LogP contribution in [0.25, 0.3) is 0 Å². The van der Waals surface area contributed by atoms with Crippen molar-refractivity contribution < 1.29 is 27.1 Å². The number of rotatable bonds is 1. The van der Waals surface area contributed by atoms with Gasteiger partial charge in [-0.15, -0.1) is 0 Å². The molecular weight excluding hydrogens is 223 g/mol. The predicted octanol–water partition coefficient (Wildman–Crippen LogP) is 2.33. The highest BCUT2D eigenvalue weighted by atomic mass is 19.4. The SMILES string of the molecule is Nc1nc(C(F)(F)F)c(C(F)F)cc1O. The van der Waals surface area contributed by atoms with Gasteiger partial charge in [-0.3, -0.25) is 0 Å². The molecule has 0 spiro atoms. The summed E-state index contributed by atoms with van der Waals surface area (Å²) >= 11 is 0. The number of hydrogen-bond acceptors (Lipinski definition) is 3. The number of nitrogen functional groups attached to an aromatic ring is 1. The Bertz CT molecular complexity index is 376. The first kappa shape index (κ1) is 11.5. The van der Waals surface area contributed by atoms with Crippen LogP contribution in [-0.2, 0) is 6.18 Å². The number of anilines is 1. The molecule has 0 aromatic carbocycles. The summed E-state index contributed by atoms with van der Waals surface area (Å²) in [5.41, 5.74) is 1.70. The van der Waals surface area contributed by atoms with E-state index >= 15 is 0 Å². The first-order valence-corrected chi connectivity index (χ1v) is 3.58. The molecule has 0 fully saturated rings. The van der Waals surface area contributed by atoms with Crippen LogP contribution in [0.5, 0.6) is 5.75 Å². The second-order valence-electron chi connectivity index (χ2n) is 2.63. The van der Waals surface area contributed by atoms with E-state index in [2.05, 4.69) is 4.98 Å². The van der Waals surface area contributed by atoms with Crippen molar-refractivity contribution in [1.82, 2.24) is 4.98 Å². The van der Waals surface area contributed by atoms with Crippen LogP contribution >= 0.6 is 0 Å². The number of nitrogens with two attached hydrogens (primary N) is 1. The minimum Gasteiger partial charge on any atom is -0.504 e. The first-order chi connectivity index (χ1) is 6.73. The molecule has 0 atom stereocenters. The average molecular weight is 228 g/mol. The van der Waals surface area contributed by atoms with Crippen molar-refractivity contribution >= 4 is 5.82 Å². The Morgan fingerprint density at radius 2 is 1.87 bits per heavy atom. The molecule has 1 rings (SSSR count). The first-order valence-electron chi connectivity index (χ1n) is 3.58. The minimum absolute atomic E-state index is 0.260. The molecule has 0 amide bonds. The molecule has 8 heteroatoms. The molecule has 0 saturated carbocycles. The summed E-state index contributed by atoms with van der Waals surface area (Å²) in [5, 5.41) is 8.85. The number of hydrogen-bond donors (Lipinski definition) is 2. The van der Waals surface area contributed by atoms with E-state index in [-0.39, 0.29) is 6.07 Å². The molecule has 1 aromatic rings. The monoisotopic (exact) mass is 228 g/mol. The van der Waals surface area contributed by atoms with Crippen molar-refractivity contribution in [2.75, 3.05) is 5.73 Å². The van der Waals surface area contributed by atoms with E-state index < -0.39 is 35.4 Å². The van der Waals surface area contributed by atoms with Gasteiger partial charge < -0.3 is 10.8 Å². The fraction of sp³-hybridized carbons (Fsp3) is 0.286. The van der Waals surface area contributed by atoms with Gasteiger partial charge in [-0.25, -0.2) is 13.8 Å². The molecule has 0 bridgehead atoms. The maximum absolute atomic E-state index is 12.2. The van der Waals surface area contributed by atoms with Gasteiger partial charge in [0.1, 0.15) is 0 Å². The number of aromatic nitrogens is 1. The van der Waals surface area contributed by atoms with Crippen molar-refractivity contribution in [3.8, 4) is 5.75 Å². The largest absolute Gasteiger partial charge is 0.504 e. The van der Waals surface area contributed by atoms with Crippen molar-refractivity contribution in [2.24, 2.45) is 0 Å². The zero-order valence-electron chi connectivity index (χ0n) is 7.02. The van der Waals surface area contributed by atoms with Crippen molar-refractivity contribution in [3.05, 3.63) is 17.3 Å². The molecule has 1 heterocycles. The highest BCUT2D eigenvalue weighted by Crippen LogP contribution is 2.37. The second-order valence-corrected chi connectivity index (χ2v) is 2.63. The molecule has 15 heavy (non-hydrogen) atoms. The Morgan fingerprint density at radius 1 is 1.33 bits per heavy atom. The molecule has 0 aliphatic heterocycles. The fourth-order valence-electron chi connectivity index (χ4n) is 0.925. The highest BCUT2D eigenvalue weighted by Gasteiger charge is 2.38. The van der Waals surface area contributed by atoms with Crippen LogP contribution in [0.1, 0.15) is 17.7 Å². The molecular formula is C7H5F5N2O. The van der Waals surface area contributed by atoms with E-state index in [0.29, 0.717) is 0 Å². The van der Waals surface area contributed by atoms with E-state index in [9.17, 15) is 22.0 Å². The molecule has 0 radical (unpaired) electrons. The third-order valence-electron chi connectivity index (χ3n) is 1.56. The maximum Gasteiger partial charge on any atom is 0.433 e. The summed E-state index contributed by atoms with van der Waals surface area (Å²) < 4.78 is 60.9. The third-order valence-corrected chi connectivity index (χ3v) is 1.56. The van der Waals surface area contributed by atoms with Crippen LogP contribution in [0.2, 0.25) is 0 Å². The number of halogens is 5. The Kier molecular flexibility index (Phi) is 2.69. The van der Waals surface area contributed by atoms with Crippen LogP contribution in [0, 0.1) is 0 Å². The van der Waals surface area contributed by atoms with Crippen molar-refractivity contribution in [3.63, 3.8) is 0 Å². The summed E-state index contributed by atoms with van der Waals surface area (Å²) in [6.07, 6.45) is -8.42. The van der Waals surface area contributed by atoms with Gasteiger partial charge in [-0.1, -0.05) is 0 Å². The predicted molar refractivity (Wildman–Crippen MR) is 40.3 cm³/mol. The van der Waals surface area contributed by atoms with Crippen molar-refractivity contribution in [1.29, 1.82) is 0 Å². The lowest BCUT2D eigenvalue weighted by Gasteiger charge is -2.12. The zero-order valence-corrected chi connectivity index (χ0v) is 7.02. The fourth-order valence-corrected chi connectivity index (χ4v) is 0.925. The van der Waals surface area contributed by atoms with Gasteiger partial charge in [0.15, 0.2) is 17.3 Å². The van der Waals surface area contributed by atoms with E-state index in [4.69, 9.17) is 10.8 Å². The molecule has 3 N–H and O–H groups in total. The smallest absolute Gasteiger partial charge is 0.433 e. The summed E-state index contributed by atoms with van der Waals surface area (Å²) in [6, 6.07) is 0.260. The van der Waals surface area contributed by atoms with Gasteiger partial charge >= 0.3 is 6.18 Å². The molecule has 3 nitrogen and oxygen atoms in total. The lowest BCUT2D eigenvalue weighted by Crippen LogP contribution is -2.13. The van der Waals surface area contributed by atoms with E-state index in [1.54, 1.807) is 0 Å². The molecule has 1 aromatic heterocycles. The van der Waals surface area contributed by atoms with E-state index in [1.807, 2.05) is 0 Å². The van der Waals surface area contributed by atoms with Gasteiger partial charge in [0.2, 0.25) is 0 Å². The number of pyridine rings is 1. The van der Waals surface area contributed by atoms with Gasteiger partial charge in [-0.05, 0) is 6.07 Å². The normalized spacial score (nSPS) is 12.1. The van der Waals surface area contributed by atoms with Gasteiger partial charge in [0, 0.05) is 0 Å². The van der Waals surface area contributed by atoms with Crippen LogP contribution in [-0.4, -0.2) is 10.1 Å². The Hall–Kier alpha value is -1.60. The second kappa shape index (κ2) is 3.52. The lowest BCUT2D eigenvalue weighted by molar-refractivity contribution is -0.143. The topological polar surface area (TPSA) is 59.1 Å². The van der Waals surface area contributed by atoms with Crippen LogP contribution in [0.4, 0.5) is 27.8 Å². The average Bonchev–Trinajstić information content (AvgIpc) is 2.06. The lowest BCUT2D eigenvalue weighted by atomic mass is 10.2. The molecule has 0 aliphatic carbocycles. The Balaban J connectivity index is 3.42. The minimum atomic E-state index is -5.03. The third kappa shape index (κ3) is 2.25. The van der Waals surface area contributed by atoms with Gasteiger partial charge in [-0.2, -0.15) is 13.2 Å². The summed E-state index contributed by atoms with van der Waals surface area (Å²) in [6.45, 7) is 0. The number of nitrogens with zero attached hydrogens (tertiary/aromatic N) is 1. The Morgan fingerprint density at radius 3 is 2.27 bits per heavy atom. The van der Waals surface area contributed by atoms with Crippen molar-refractivity contribution in [2.45, 2.75) is 12.6 Å². The quantitative estimate of drug-likeness (QED) is 0.725. The molecule has 0 aliphatic rings. The summed E-state index contributed by atoms with van der Waals surface area (Å²) in [5.74, 6) is -1.75. The van der Waals surface area contributed by atoms with Crippen LogP contribution < -0.4 is 5.73 Å². The highest BCUT2D eigenvalue weighted by molar-refractivity contribution is 5.49. The number of aromatic hydroxyl groups is 1. The van der Waals surface area contributed by atoms with E-state index in [0.717, 1.165) is 0 Å². The summed E-state index contributed by atoms with van der Waals surface area (Å²) in [4.78, 5) is 2.69. The van der Waals surface area contributed by atoms with Gasteiger partial charge in [0.05, 0.1) is 5.56 Å². The number of alkyl halides is 5. The maximum atomic E-state index is 12.2. The van der Waals surface area contributed by atoms with Crippen LogP contribution in [0.3, 0.4) is 0 Å².